The maximum absolute atomic E-state index is 12.9. The maximum Gasteiger partial charge on any atom is 0.435 e. The molecular formula is C24H25F3N8OS2. The van der Waals surface area contributed by atoms with Crippen LogP contribution in [0.5, 0.6) is 0 Å². The van der Waals surface area contributed by atoms with E-state index in [1.54, 1.807) is 32.7 Å². The largest absolute Gasteiger partial charge is 0.435 e. The zero-order valence-corrected chi connectivity index (χ0v) is 22.1. The predicted octanol–water partition coefficient (Wildman–Crippen LogP) is 4.38. The van der Waals surface area contributed by atoms with Crippen LogP contribution < -0.4 is 0 Å². The highest BCUT2D eigenvalue weighted by Crippen LogP contribution is 2.32. The van der Waals surface area contributed by atoms with Crippen molar-refractivity contribution in [3.05, 3.63) is 63.9 Å². The molecule has 9 nitrogen and oxygen atoms in total. The minimum absolute atomic E-state index is 0.195. The average Bonchev–Trinajstić information content (AvgIpc) is 3.65. The van der Waals surface area contributed by atoms with E-state index in [2.05, 4.69) is 26.0 Å². The Morgan fingerprint density at radius 3 is 2.66 bits per heavy atom. The van der Waals surface area contributed by atoms with Crippen LogP contribution in [0.2, 0.25) is 0 Å². The summed E-state index contributed by atoms with van der Waals surface area (Å²) in [5.41, 5.74) is 1.26. The number of amides is 1. The Morgan fingerprint density at radius 2 is 1.95 bits per heavy atom. The summed E-state index contributed by atoms with van der Waals surface area (Å²) < 4.78 is 41.6. The van der Waals surface area contributed by atoms with Gasteiger partial charge in [0.2, 0.25) is 11.1 Å². The average molecular weight is 563 g/mol. The zero-order chi connectivity index (χ0) is 26.7. The molecule has 1 fully saturated rings. The second-order valence-corrected chi connectivity index (χ2v) is 10.9. The fraction of sp³-hybridized carbons (Fsp3) is 0.417. The molecule has 0 radical (unpaired) electrons. The Labute approximate surface area is 225 Å². The van der Waals surface area contributed by atoms with Crippen LogP contribution in [0.25, 0.3) is 5.69 Å². The number of carbonyl (C=O) groups excluding carboxylic acids is 1. The van der Waals surface area contributed by atoms with Crippen LogP contribution in [0.1, 0.15) is 40.8 Å². The van der Waals surface area contributed by atoms with Crippen LogP contribution in [0.15, 0.2) is 46.9 Å². The lowest BCUT2D eigenvalue weighted by atomic mass is 9.97. The number of benzene rings is 1. The molecule has 38 heavy (non-hydrogen) atoms. The maximum atomic E-state index is 12.9. The predicted molar refractivity (Wildman–Crippen MR) is 136 cm³/mol. The Kier molecular flexibility index (Phi) is 7.79. The van der Waals surface area contributed by atoms with Gasteiger partial charge >= 0.3 is 6.18 Å². The molecule has 200 valence electrons. The Bertz CT molecular complexity index is 1380. The van der Waals surface area contributed by atoms with Crippen LogP contribution in [0.3, 0.4) is 0 Å². The highest BCUT2D eigenvalue weighted by atomic mass is 32.2. The third-order valence-corrected chi connectivity index (χ3v) is 8.33. The van der Waals surface area contributed by atoms with Crippen LogP contribution in [0, 0.1) is 6.92 Å². The zero-order valence-electron chi connectivity index (χ0n) is 20.5. The van der Waals surface area contributed by atoms with E-state index >= 15 is 0 Å². The summed E-state index contributed by atoms with van der Waals surface area (Å²) in [4.78, 5) is 19.2. The molecule has 0 atom stereocenters. The SMILES string of the molecule is Cc1cc(C(F)(F)F)nn1CC(=O)N1CCC(c2nc(CCSc3nnnn3-c3ccccc3)cs2)CC1. The number of aromatic nitrogens is 7. The van der Waals surface area contributed by atoms with E-state index in [4.69, 9.17) is 4.98 Å². The van der Waals surface area contributed by atoms with Gasteiger partial charge in [-0.25, -0.2) is 4.98 Å². The molecule has 1 aliphatic heterocycles. The molecule has 14 heteroatoms. The molecule has 0 spiro atoms. The van der Waals surface area contributed by atoms with Gasteiger partial charge in [-0.15, -0.1) is 16.4 Å². The molecule has 0 unspecified atom stereocenters. The highest BCUT2D eigenvalue weighted by Gasteiger charge is 2.35. The van der Waals surface area contributed by atoms with E-state index in [9.17, 15) is 18.0 Å². The molecule has 0 bridgehead atoms. The molecule has 1 saturated heterocycles. The van der Waals surface area contributed by atoms with Gasteiger partial charge in [-0.2, -0.15) is 23.0 Å². The second-order valence-electron chi connectivity index (χ2n) is 8.97. The minimum Gasteiger partial charge on any atom is -0.341 e. The number of piperidine rings is 1. The normalized spacial score (nSPS) is 14.8. The summed E-state index contributed by atoms with van der Waals surface area (Å²) >= 11 is 3.21. The van der Waals surface area contributed by atoms with Crippen molar-refractivity contribution in [1.29, 1.82) is 0 Å². The number of nitrogens with zero attached hydrogens (tertiary/aromatic N) is 8. The van der Waals surface area contributed by atoms with Gasteiger partial charge in [-0.05, 0) is 48.4 Å². The first kappa shape index (κ1) is 26.4. The summed E-state index contributed by atoms with van der Waals surface area (Å²) in [5, 5.41) is 19.4. The summed E-state index contributed by atoms with van der Waals surface area (Å²) in [6.07, 6.45) is -2.21. The molecule has 0 aliphatic carbocycles. The molecule has 5 rings (SSSR count). The first-order valence-corrected chi connectivity index (χ1v) is 13.9. The second kappa shape index (κ2) is 11.2. The number of likely N-dealkylation sites (tertiary alicyclic amines) is 1. The van der Waals surface area contributed by atoms with Crippen molar-refractivity contribution in [2.75, 3.05) is 18.8 Å². The van der Waals surface area contributed by atoms with Crippen LogP contribution in [0.4, 0.5) is 13.2 Å². The van der Waals surface area contributed by atoms with Crippen molar-refractivity contribution in [2.45, 2.75) is 50.0 Å². The third kappa shape index (κ3) is 6.07. The lowest BCUT2D eigenvalue weighted by Crippen LogP contribution is -2.40. The van der Waals surface area contributed by atoms with Crippen molar-refractivity contribution >= 4 is 29.0 Å². The van der Waals surface area contributed by atoms with E-state index < -0.39 is 11.9 Å². The molecule has 4 aromatic rings. The van der Waals surface area contributed by atoms with E-state index in [0.29, 0.717) is 18.8 Å². The Balaban J connectivity index is 1.10. The fourth-order valence-electron chi connectivity index (χ4n) is 4.28. The van der Waals surface area contributed by atoms with E-state index in [1.807, 2.05) is 30.3 Å². The van der Waals surface area contributed by atoms with Gasteiger partial charge < -0.3 is 4.90 Å². The molecule has 0 saturated carbocycles. The first-order valence-electron chi connectivity index (χ1n) is 12.1. The van der Waals surface area contributed by atoms with Gasteiger partial charge in [0.15, 0.2) is 5.69 Å². The molecule has 0 N–H and O–H groups in total. The number of thiazole rings is 1. The van der Waals surface area contributed by atoms with Crippen molar-refractivity contribution in [3.8, 4) is 5.69 Å². The monoisotopic (exact) mass is 562 g/mol. The van der Waals surface area contributed by atoms with E-state index in [1.165, 1.54) is 6.92 Å². The number of halogens is 3. The molecular weight excluding hydrogens is 537 g/mol. The topological polar surface area (TPSA) is 94.6 Å². The number of hydrogen-bond acceptors (Lipinski definition) is 8. The van der Waals surface area contributed by atoms with E-state index in [-0.39, 0.29) is 18.4 Å². The van der Waals surface area contributed by atoms with Crippen LogP contribution >= 0.6 is 23.1 Å². The number of aryl methyl sites for hydroxylation is 2. The Hall–Kier alpha value is -3.26. The quantitative estimate of drug-likeness (QED) is 0.294. The minimum atomic E-state index is -4.53. The van der Waals surface area contributed by atoms with Gasteiger partial charge in [-0.1, -0.05) is 30.0 Å². The highest BCUT2D eigenvalue weighted by molar-refractivity contribution is 7.99. The molecule has 1 aromatic carbocycles. The first-order chi connectivity index (χ1) is 18.3. The Morgan fingerprint density at radius 1 is 1.18 bits per heavy atom. The number of carbonyl (C=O) groups is 1. The summed E-state index contributed by atoms with van der Waals surface area (Å²) in [5.74, 6) is 0.823. The number of tetrazole rings is 1. The van der Waals surface area contributed by atoms with Crippen molar-refractivity contribution in [2.24, 2.45) is 0 Å². The van der Waals surface area contributed by atoms with Crippen LogP contribution in [-0.4, -0.2) is 64.6 Å². The number of thioether (sulfide) groups is 1. The van der Waals surface area contributed by atoms with Gasteiger partial charge in [0.25, 0.3) is 0 Å². The van der Waals surface area contributed by atoms with Gasteiger partial charge in [0.1, 0.15) is 6.54 Å². The lowest BCUT2D eigenvalue weighted by Gasteiger charge is -2.31. The number of hydrogen-bond donors (Lipinski definition) is 0. The van der Waals surface area contributed by atoms with Crippen LogP contribution in [-0.2, 0) is 23.9 Å². The fourth-order valence-corrected chi connectivity index (χ4v) is 6.16. The van der Waals surface area contributed by atoms with Crippen molar-refractivity contribution in [3.63, 3.8) is 0 Å². The molecule has 1 aliphatic rings. The van der Waals surface area contributed by atoms with Gasteiger partial charge in [0, 0.05) is 42.3 Å². The molecule has 4 heterocycles. The summed E-state index contributed by atoms with van der Waals surface area (Å²) in [6, 6.07) is 10.7. The molecule has 1 amide bonds. The summed E-state index contributed by atoms with van der Waals surface area (Å²) in [7, 11) is 0. The van der Waals surface area contributed by atoms with Crippen molar-refractivity contribution < 1.29 is 18.0 Å². The van der Waals surface area contributed by atoms with Gasteiger partial charge in [0.05, 0.1) is 16.4 Å². The third-order valence-electron chi connectivity index (χ3n) is 6.35. The number of para-hydroxylation sites is 1. The lowest BCUT2D eigenvalue weighted by molar-refractivity contribution is -0.142. The number of rotatable bonds is 8. The number of alkyl halides is 3. The standard InChI is InChI=1S/C24H25F3N8OS2/c1-16-13-20(24(25,26)27)30-34(16)14-21(36)33-10-7-17(8-11-33)22-28-18(15-38-22)9-12-37-23-29-31-32-35(23)19-5-3-2-4-6-19/h2-6,13,15,17H,7-12,14H2,1H3. The summed E-state index contributed by atoms with van der Waals surface area (Å²) in [6.45, 7) is 2.41. The smallest absolute Gasteiger partial charge is 0.341 e. The molecule has 3 aromatic heterocycles. The van der Waals surface area contributed by atoms with Crippen molar-refractivity contribution in [1.82, 2.24) is 39.9 Å². The van der Waals surface area contributed by atoms with Gasteiger partial charge in [-0.3, -0.25) is 9.48 Å². The van der Waals surface area contributed by atoms with E-state index in [0.717, 1.165) is 57.3 Å².